The number of esters is 1. The van der Waals surface area contributed by atoms with Gasteiger partial charge in [0.25, 0.3) is 0 Å². The van der Waals surface area contributed by atoms with E-state index in [-0.39, 0.29) is 18.1 Å². The van der Waals surface area contributed by atoms with E-state index in [9.17, 15) is 4.79 Å². The van der Waals surface area contributed by atoms with E-state index < -0.39 is 0 Å². The maximum Gasteiger partial charge on any atom is 0.323 e. The number of hydrogen-bond donors (Lipinski definition) is 1. The van der Waals surface area contributed by atoms with Gasteiger partial charge in [0, 0.05) is 23.1 Å². The first kappa shape index (κ1) is 15.0. The van der Waals surface area contributed by atoms with Crippen LogP contribution < -0.4 is 14.8 Å². The summed E-state index contributed by atoms with van der Waals surface area (Å²) in [6.07, 6.45) is 0. The molecule has 0 aromatic heterocycles. The largest absolute Gasteiger partial charge is 0.497 e. The van der Waals surface area contributed by atoms with E-state index in [0.29, 0.717) is 0 Å². The van der Waals surface area contributed by atoms with E-state index in [1.54, 1.807) is 26.0 Å². The minimum atomic E-state index is -0.292. The summed E-state index contributed by atoms with van der Waals surface area (Å²) in [5.74, 6) is 2.92. The molecule has 1 N–H and O–H groups in total. The summed E-state index contributed by atoms with van der Waals surface area (Å²) >= 11 is 1.72. The van der Waals surface area contributed by atoms with Crippen molar-refractivity contribution >= 4 is 17.7 Å². The van der Waals surface area contributed by atoms with Gasteiger partial charge in [-0.05, 0) is 18.2 Å². The van der Waals surface area contributed by atoms with Crippen LogP contribution in [0.2, 0.25) is 0 Å². The van der Waals surface area contributed by atoms with Crippen LogP contribution in [0.3, 0.4) is 0 Å². The minimum Gasteiger partial charge on any atom is -0.497 e. The highest BCUT2D eigenvalue weighted by Crippen LogP contribution is 2.33. The topological polar surface area (TPSA) is 56.8 Å². The number of methoxy groups -OCH3 is 3. The van der Waals surface area contributed by atoms with Crippen LogP contribution in [0.4, 0.5) is 0 Å². The van der Waals surface area contributed by atoms with Crippen LogP contribution in [0.1, 0.15) is 11.6 Å². The standard InChI is InChI=1S/C14H19NO4S/c1-17-9-4-5-13(18-2)10(6-9)11-7-20-8-12(15-11)14(16)19-3/h4-6,11-12,15H,7-8H2,1-3H3. The molecule has 0 aliphatic carbocycles. The molecule has 0 saturated carbocycles. The summed E-state index contributed by atoms with van der Waals surface area (Å²) in [5.41, 5.74) is 0.993. The lowest BCUT2D eigenvalue weighted by Gasteiger charge is -2.30. The third kappa shape index (κ3) is 3.19. The molecule has 2 rings (SSSR count). The molecule has 1 saturated heterocycles. The third-order valence-electron chi connectivity index (χ3n) is 3.27. The fraction of sp³-hybridized carbons (Fsp3) is 0.500. The minimum absolute atomic E-state index is 0.0305. The molecular weight excluding hydrogens is 278 g/mol. The van der Waals surface area contributed by atoms with E-state index in [2.05, 4.69) is 5.32 Å². The molecule has 110 valence electrons. The summed E-state index contributed by atoms with van der Waals surface area (Å²) in [5, 5.41) is 3.32. The number of carbonyl (C=O) groups excluding carboxylic acids is 1. The molecule has 6 heteroatoms. The first-order valence-corrected chi connectivity index (χ1v) is 7.48. The molecule has 0 spiro atoms. The van der Waals surface area contributed by atoms with E-state index in [0.717, 1.165) is 28.6 Å². The highest BCUT2D eigenvalue weighted by molar-refractivity contribution is 7.99. The molecule has 5 nitrogen and oxygen atoms in total. The Labute approximate surface area is 123 Å². The maximum atomic E-state index is 11.7. The summed E-state index contributed by atoms with van der Waals surface area (Å²) in [6, 6.07) is 5.41. The zero-order valence-corrected chi connectivity index (χ0v) is 12.7. The molecule has 1 fully saturated rings. The van der Waals surface area contributed by atoms with Gasteiger partial charge in [-0.3, -0.25) is 10.1 Å². The van der Waals surface area contributed by atoms with Crippen molar-refractivity contribution in [3.63, 3.8) is 0 Å². The van der Waals surface area contributed by atoms with Gasteiger partial charge in [0.1, 0.15) is 17.5 Å². The summed E-state index contributed by atoms with van der Waals surface area (Å²) in [7, 11) is 4.68. The Morgan fingerprint density at radius 3 is 2.70 bits per heavy atom. The Bertz CT molecular complexity index is 480. The summed E-state index contributed by atoms with van der Waals surface area (Å²) in [6.45, 7) is 0. The number of thioether (sulfide) groups is 1. The average molecular weight is 297 g/mol. The molecule has 0 bridgehead atoms. The Morgan fingerprint density at radius 2 is 2.05 bits per heavy atom. The normalized spacial score (nSPS) is 22.1. The molecule has 20 heavy (non-hydrogen) atoms. The average Bonchev–Trinajstić information content (AvgIpc) is 2.53. The summed E-state index contributed by atoms with van der Waals surface area (Å²) < 4.78 is 15.5. The predicted octanol–water partition coefficient (Wildman–Crippen LogP) is 1.62. The van der Waals surface area contributed by atoms with Crippen molar-refractivity contribution in [3.8, 4) is 11.5 Å². The van der Waals surface area contributed by atoms with Crippen molar-refractivity contribution in [2.24, 2.45) is 0 Å². The molecule has 1 aliphatic heterocycles. The smallest absolute Gasteiger partial charge is 0.323 e. The molecule has 1 aliphatic rings. The van der Waals surface area contributed by atoms with Crippen molar-refractivity contribution in [2.75, 3.05) is 32.8 Å². The third-order valence-corrected chi connectivity index (χ3v) is 4.41. The van der Waals surface area contributed by atoms with Crippen LogP contribution in [0.15, 0.2) is 18.2 Å². The number of nitrogens with one attached hydrogen (secondary N) is 1. The first-order chi connectivity index (χ1) is 9.69. The second-order valence-corrected chi connectivity index (χ2v) is 5.52. The van der Waals surface area contributed by atoms with E-state index in [1.807, 2.05) is 18.2 Å². The quantitative estimate of drug-likeness (QED) is 0.852. The Balaban J connectivity index is 2.23. The van der Waals surface area contributed by atoms with Crippen LogP contribution in [-0.4, -0.2) is 44.8 Å². The van der Waals surface area contributed by atoms with Crippen LogP contribution in [0.25, 0.3) is 0 Å². The Kier molecular flexibility index (Phi) is 5.14. The second-order valence-electron chi connectivity index (χ2n) is 4.44. The molecule has 0 radical (unpaired) electrons. The van der Waals surface area contributed by atoms with Gasteiger partial charge in [0.15, 0.2) is 0 Å². The molecular formula is C14H19NO4S. The van der Waals surface area contributed by atoms with Crippen molar-refractivity contribution in [1.82, 2.24) is 5.32 Å². The molecule has 1 heterocycles. The Morgan fingerprint density at radius 1 is 1.25 bits per heavy atom. The number of ether oxygens (including phenoxy) is 3. The zero-order chi connectivity index (χ0) is 14.5. The van der Waals surface area contributed by atoms with Gasteiger partial charge in [-0.1, -0.05) is 0 Å². The van der Waals surface area contributed by atoms with Crippen LogP contribution in [0.5, 0.6) is 11.5 Å². The fourth-order valence-corrected chi connectivity index (χ4v) is 3.33. The van der Waals surface area contributed by atoms with Crippen LogP contribution in [-0.2, 0) is 9.53 Å². The van der Waals surface area contributed by atoms with Gasteiger partial charge in [-0.2, -0.15) is 11.8 Å². The van der Waals surface area contributed by atoms with Gasteiger partial charge in [0.05, 0.1) is 21.3 Å². The number of rotatable bonds is 4. The monoisotopic (exact) mass is 297 g/mol. The van der Waals surface area contributed by atoms with Crippen LogP contribution in [0, 0.1) is 0 Å². The van der Waals surface area contributed by atoms with Crippen molar-refractivity contribution in [2.45, 2.75) is 12.1 Å². The van der Waals surface area contributed by atoms with Crippen molar-refractivity contribution in [3.05, 3.63) is 23.8 Å². The SMILES string of the molecule is COC(=O)C1CSCC(c2cc(OC)ccc2OC)N1. The molecule has 1 aromatic rings. The van der Waals surface area contributed by atoms with Crippen molar-refractivity contribution in [1.29, 1.82) is 0 Å². The number of benzene rings is 1. The van der Waals surface area contributed by atoms with E-state index in [4.69, 9.17) is 14.2 Å². The van der Waals surface area contributed by atoms with Gasteiger partial charge < -0.3 is 14.2 Å². The lowest BCUT2D eigenvalue weighted by atomic mass is 10.1. The first-order valence-electron chi connectivity index (χ1n) is 6.33. The maximum absolute atomic E-state index is 11.7. The van der Waals surface area contributed by atoms with Gasteiger partial charge >= 0.3 is 5.97 Å². The lowest BCUT2D eigenvalue weighted by molar-refractivity contribution is -0.142. The van der Waals surface area contributed by atoms with Gasteiger partial charge in [-0.25, -0.2) is 0 Å². The number of carbonyl (C=O) groups is 1. The van der Waals surface area contributed by atoms with Gasteiger partial charge in [-0.15, -0.1) is 0 Å². The summed E-state index contributed by atoms with van der Waals surface area (Å²) in [4.78, 5) is 11.7. The van der Waals surface area contributed by atoms with Crippen LogP contribution >= 0.6 is 11.8 Å². The molecule has 1 aromatic carbocycles. The second kappa shape index (κ2) is 6.85. The predicted molar refractivity (Wildman–Crippen MR) is 78.6 cm³/mol. The van der Waals surface area contributed by atoms with E-state index in [1.165, 1.54) is 7.11 Å². The molecule has 2 unspecified atom stereocenters. The Hall–Kier alpha value is -1.40. The van der Waals surface area contributed by atoms with Gasteiger partial charge in [0.2, 0.25) is 0 Å². The highest BCUT2D eigenvalue weighted by Gasteiger charge is 2.29. The fourth-order valence-electron chi connectivity index (χ4n) is 2.21. The molecule has 2 atom stereocenters. The van der Waals surface area contributed by atoms with Crippen molar-refractivity contribution < 1.29 is 19.0 Å². The lowest BCUT2D eigenvalue weighted by Crippen LogP contribution is -2.45. The van der Waals surface area contributed by atoms with E-state index >= 15 is 0 Å². The highest BCUT2D eigenvalue weighted by atomic mass is 32.2. The molecule has 0 amide bonds. The zero-order valence-electron chi connectivity index (χ0n) is 11.8. The number of hydrogen-bond acceptors (Lipinski definition) is 6.